The maximum absolute atomic E-state index is 13.2. The van der Waals surface area contributed by atoms with Crippen LogP contribution in [0, 0.1) is 0 Å². The fourth-order valence-corrected chi connectivity index (χ4v) is 4.48. The third kappa shape index (κ3) is 2.28. The molecule has 6 nitrogen and oxygen atoms in total. The van der Waals surface area contributed by atoms with Crippen LogP contribution in [0.3, 0.4) is 0 Å². The van der Waals surface area contributed by atoms with Gasteiger partial charge in [-0.15, -0.1) is 5.11 Å². The molecule has 0 saturated heterocycles. The molecule has 2 N–H and O–H groups in total. The molecule has 1 atom stereocenters. The Bertz CT molecular complexity index is 882. The summed E-state index contributed by atoms with van der Waals surface area (Å²) >= 11 is 0. The average Bonchev–Trinajstić information content (AvgIpc) is 3.07. The number of carbonyl (C=O) groups excluding carboxylic acids is 1. The van der Waals surface area contributed by atoms with Crippen molar-refractivity contribution in [2.45, 2.75) is 44.6 Å². The zero-order chi connectivity index (χ0) is 18.5. The van der Waals surface area contributed by atoms with Crippen LogP contribution >= 0.6 is 0 Å². The van der Waals surface area contributed by atoms with Crippen LogP contribution in [0.4, 0.5) is 0 Å². The van der Waals surface area contributed by atoms with Gasteiger partial charge in [0, 0.05) is 23.2 Å². The van der Waals surface area contributed by atoms with Crippen LogP contribution in [0.1, 0.15) is 39.2 Å². The molecule has 0 fully saturated rings. The van der Waals surface area contributed by atoms with Crippen molar-refractivity contribution in [3.05, 3.63) is 52.5 Å². The van der Waals surface area contributed by atoms with Gasteiger partial charge in [-0.25, -0.2) is 0 Å². The van der Waals surface area contributed by atoms with Gasteiger partial charge in [-0.2, -0.15) is 5.11 Å². The molecule has 1 aromatic rings. The number of nitrogens with one attached hydrogen (secondary N) is 2. The van der Waals surface area contributed by atoms with E-state index in [1.165, 1.54) is 0 Å². The molecule has 1 unspecified atom stereocenters. The van der Waals surface area contributed by atoms with E-state index >= 15 is 0 Å². The van der Waals surface area contributed by atoms with E-state index in [0.717, 1.165) is 46.8 Å². The van der Waals surface area contributed by atoms with Crippen molar-refractivity contribution < 1.29 is 9.53 Å². The van der Waals surface area contributed by atoms with Gasteiger partial charge in [0.1, 0.15) is 5.75 Å². The van der Waals surface area contributed by atoms with Gasteiger partial charge in [0.2, 0.25) is 0 Å². The third-order valence-electron chi connectivity index (χ3n) is 5.59. The molecule has 0 bridgehead atoms. The van der Waals surface area contributed by atoms with Gasteiger partial charge in [-0.1, -0.05) is 19.1 Å². The molecule has 0 aliphatic carbocycles. The summed E-state index contributed by atoms with van der Waals surface area (Å²) in [6.45, 7) is 6.69. The molecule has 0 aromatic heterocycles. The van der Waals surface area contributed by atoms with Gasteiger partial charge in [-0.3, -0.25) is 4.79 Å². The summed E-state index contributed by atoms with van der Waals surface area (Å²) in [5, 5.41) is 15.2. The highest BCUT2D eigenvalue weighted by atomic mass is 16.5. The zero-order valence-corrected chi connectivity index (χ0v) is 15.6. The van der Waals surface area contributed by atoms with E-state index in [-0.39, 0.29) is 11.4 Å². The van der Waals surface area contributed by atoms with Crippen molar-refractivity contribution in [3.8, 4) is 5.75 Å². The minimum atomic E-state index is -0.547. The SMILES string of the molecule is CCC1(c2cccc(OC)c2)C2=C(N=NC2)NC2=C1C(=O)NC(C)(C)C2. The van der Waals surface area contributed by atoms with E-state index in [0.29, 0.717) is 6.54 Å². The highest BCUT2D eigenvalue weighted by Gasteiger charge is 2.51. The molecule has 6 heteroatoms. The summed E-state index contributed by atoms with van der Waals surface area (Å²) in [5.74, 6) is 1.55. The predicted octanol–water partition coefficient (Wildman–Crippen LogP) is 3.18. The summed E-state index contributed by atoms with van der Waals surface area (Å²) in [5.41, 5.74) is 2.99. The molecular weight excluding hydrogens is 328 g/mol. The lowest BCUT2D eigenvalue weighted by Gasteiger charge is -2.46. The Kier molecular flexibility index (Phi) is 3.68. The number of hydrogen-bond acceptors (Lipinski definition) is 5. The fourth-order valence-electron chi connectivity index (χ4n) is 4.48. The van der Waals surface area contributed by atoms with Crippen molar-refractivity contribution in [3.63, 3.8) is 0 Å². The summed E-state index contributed by atoms with van der Waals surface area (Å²) in [7, 11) is 1.66. The number of hydrogen-bond donors (Lipinski definition) is 2. The minimum Gasteiger partial charge on any atom is -0.497 e. The van der Waals surface area contributed by atoms with Crippen LogP contribution < -0.4 is 15.4 Å². The van der Waals surface area contributed by atoms with E-state index in [2.05, 4.69) is 33.9 Å². The van der Waals surface area contributed by atoms with E-state index in [9.17, 15) is 4.79 Å². The largest absolute Gasteiger partial charge is 0.497 e. The standard InChI is InChI=1S/C20H24N4O2/c1-5-20(12-7-6-8-13(9-12)26-4)14-11-21-24-17(14)22-15-10-19(2,3)23-18(25)16(15)20/h6-9,22H,5,10-11H2,1-4H3,(H,23,25). The van der Waals surface area contributed by atoms with Crippen molar-refractivity contribution in [1.82, 2.24) is 10.6 Å². The lowest BCUT2D eigenvalue weighted by molar-refractivity contribution is -0.120. The Labute approximate surface area is 153 Å². The Morgan fingerprint density at radius 2 is 2.12 bits per heavy atom. The lowest BCUT2D eigenvalue weighted by Crippen LogP contribution is -2.55. The second-order valence-corrected chi connectivity index (χ2v) is 7.71. The highest BCUT2D eigenvalue weighted by molar-refractivity contribution is 6.00. The number of carbonyl (C=O) groups is 1. The molecule has 26 heavy (non-hydrogen) atoms. The average molecular weight is 352 g/mol. The quantitative estimate of drug-likeness (QED) is 0.877. The molecular formula is C20H24N4O2. The highest BCUT2D eigenvalue weighted by Crippen LogP contribution is 2.51. The number of azo groups is 1. The first-order chi connectivity index (χ1) is 12.4. The van der Waals surface area contributed by atoms with Gasteiger partial charge >= 0.3 is 0 Å². The van der Waals surface area contributed by atoms with Crippen molar-refractivity contribution in [1.29, 1.82) is 0 Å². The number of benzene rings is 1. The second kappa shape index (κ2) is 5.69. The molecule has 136 valence electrons. The van der Waals surface area contributed by atoms with Crippen molar-refractivity contribution >= 4 is 5.91 Å². The Morgan fingerprint density at radius 1 is 1.31 bits per heavy atom. The maximum atomic E-state index is 13.2. The third-order valence-corrected chi connectivity index (χ3v) is 5.59. The van der Waals surface area contributed by atoms with E-state index in [4.69, 9.17) is 4.74 Å². The van der Waals surface area contributed by atoms with E-state index in [1.54, 1.807) is 7.11 Å². The number of nitrogens with zero attached hydrogens (tertiary/aromatic N) is 2. The van der Waals surface area contributed by atoms with Gasteiger partial charge in [-0.05, 0) is 38.0 Å². The van der Waals surface area contributed by atoms with Gasteiger partial charge < -0.3 is 15.4 Å². The molecule has 0 spiro atoms. The molecule has 1 amide bonds. The molecule has 3 heterocycles. The zero-order valence-electron chi connectivity index (χ0n) is 15.6. The van der Waals surface area contributed by atoms with Crippen LogP contribution in [0.2, 0.25) is 0 Å². The lowest BCUT2D eigenvalue weighted by atomic mass is 9.63. The van der Waals surface area contributed by atoms with Crippen LogP contribution in [0.25, 0.3) is 0 Å². The molecule has 3 aliphatic rings. The smallest absolute Gasteiger partial charge is 0.250 e. The Morgan fingerprint density at radius 3 is 2.85 bits per heavy atom. The number of amides is 1. The Balaban J connectivity index is 1.98. The summed E-state index contributed by atoms with van der Waals surface area (Å²) in [4.78, 5) is 13.2. The molecule has 0 radical (unpaired) electrons. The number of dihydropyridines is 1. The monoisotopic (exact) mass is 352 g/mol. The predicted molar refractivity (Wildman–Crippen MR) is 98.7 cm³/mol. The first kappa shape index (κ1) is 16.8. The van der Waals surface area contributed by atoms with E-state index < -0.39 is 5.41 Å². The molecule has 0 saturated carbocycles. The summed E-state index contributed by atoms with van der Waals surface area (Å²) in [6, 6.07) is 7.99. The normalized spacial score (nSPS) is 26.2. The molecule has 3 aliphatic heterocycles. The van der Waals surface area contributed by atoms with Gasteiger partial charge in [0.25, 0.3) is 5.91 Å². The van der Waals surface area contributed by atoms with Crippen LogP contribution in [0.15, 0.2) is 57.2 Å². The van der Waals surface area contributed by atoms with Crippen molar-refractivity contribution in [2.24, 2.45) is 10.2 Å². The first-order valence-corrected chi connectivity index (χ1v) is 9.00. The fraction of sp³-hybridized carbons (Fsp3) is 0.450. The molecule has 4 rings (SSSR count). The summed E-state index contributed by atoms with van der Waals surface area (Å²) < 4.78 is 5.45. The van der Waals surface area contributed by atoms with Crippen molar-refractivity contribution in [2.75, 3.05) is 13.7 Å². The van der Waals surface area contributed by atoms with E-state index in [1.807, 2.05) is 32.0 Å². The first-order valence-electron chi connectivity index (χ1n) is 9.00. The minimum absolute atomic E-state index is 0.0214. The van der Waals surface area contributed by atoms with Gasteiger partial charge in [0.15, 0.2) is 5.82 Å². The second-order valence-electron chi connectivity index (χ2n) is 7.71. The number of ether oxygens (including phenoxy) is 1. The van der Waals surface area contributed by atoms with Gasteiger partial charge in [0.05, 0.1) is 24.6 Å². The number of methoxy groups -OCH3 is 1. The number of rotatable bonds is 3. The van der Waals surface area contributed by atoms with Crippen LogP contribution in [-0.4, -0.2) is 25.1 Å². The van der Waals surface area contributed by atoms with Crippen LogP contribution in [0.5, 0.6) is 5.75 Å². The topological polar surface area (TPSA) is 75.1 Å². The maximum Gasteiger partial charge on any atom is 0.250 e. The summed E-state index contributed by atoms with van der Waals surface area (Å²) in [6.07, 6.45) is 1.48. The molecule has 1 aromatic carbocycles. The Hall–Kier alpha value is -2.63. The van der Waals surface area contributed by atoms with Crippen LogP contribution in [-0.2, 0) is 10.2 Å².